The van der Waals surface area contributed by atoms with Crippen molar-refractivity contribution < 1.29 is 0 Å². The highest BCUT2D eigenvalue weighted by atomic mass is 32.1. The summed E-state index contributed by atoms with van der Waals surface area (Å²) in [5, 5.41) is 2.72. The van der Waals surface area contributed by atoms with E-state index in [1.54, 1.807) is 0 Å². The van der Waals surface area contributed by atoms with Crippen LogP contribution in [-0.2, 0) is 5.41 Å². The molecule has 0 atom stereocenters. The van der Waals surface area contributed by atoms with Crippen molar-refractivity contribution in [3.05, 3.63) is 175 Å². The molecule has 9 rings (SSSR count). The molecule has 8 aromatic rings. The molecule has 2 heteroatoms. The van der Waals surface area contributed by atoms with E-state index in [-0.39, 0.29) is 5.41 Å². The van der Waals surface area contributed by atoms with Crippen molar-refractivity contribution in [1.82, 2.24) is 0 Å². The largest absolute Gasteiger partial charge is 0.310 e. The van der Waals surface area contributed by atoms with Gasteiger partial charge < -0.3 is 4.90 Å². The third kappa shape index (κ3) is 4.52. The predicted molar refractivity (Wildman–Crippen MR) is 202 cm³/mol. The van der Waals surface area contributed by atoms with E-state index in [9.17, 15) is 0 Å². The van der Waals surface area contributed by atoms with Crippen LogP contribution in [0, 0.1) is 0 Å². The molecular weight excluding hydrogens is 587 g/mol. The van der Waals surface area contributed by atoms with Crippen molar-refractivity contribution in [2.45, 2.75) is 19.3 Å². The zero-order chi connectivity index (χ0) is 31.5. The highest BCUT2D eigenvalue weighted by Crippen LogP contribution is 2.55. The van der Waals surface area contributed by atoms with Crippen LogP contribution in [0.2, 0.25) is 0 Å². The fourth-order valence-electron chi connectivity index (χ4n) is 7.51. The highest BCUT2D eigenvalue weighted by molar-refractivity contribution is 7.26. The minimum Gasteiger partial charge on any atom is -0.310 e. The van der Waals surface area contributed by atoms with Crippen LogP contribution in [0.25, 0.3) is 53.6 Å². The van der Waals surface area contributed by atoms with Crippen molar-refractivity contribution >= 4 is 48.6 Å². The third-order valence-electron chi connectivity index (χ3n) is 9.86. The molecule has 0 aliphatic heterocycles. The van der Waals surface area contributed by atoms with Crippen LogP contribution in [0.4, 0.5) is 17.1 Å². The molecule has 0 radical (unpaired) electrons. The van der Waals surface area contributed by atoms with Gasteiger partial charge in [-0.05, 0) is 87.0 Å². The number of hydrogen-bond acceptors (Lipinski definition) is 2. The second kappa shape index (κ2) is 10.8. The fourth-order valence-corrected chi connectivity index (χ4v) is 8.92. The number of hydrogen-bond donors (Lipinski definition) is 0. The number of fused-ring (bicyclic) bond motifs is 7. The summed E-state index contributed by atoms with van der Waals surface area (Å²) in [6.45, 7) is 4.80. The van der Waals surface area contributed by atoms with Crippen molar-refractivity contribution in [2.75, 3.05) is 4.90 Å². The minimum atomic E-state index is -0.138. The second-order valence-electron chi connectivity index (χ2n) is 13.0. The van der Waals surface area contributed by atoms with E-state index in [0.29, 0.717) is 0 Å². The van der Waals surface area contributed by atoms with Crippen LogP contribution < -0.4 is 4.90 Å². The van der Waals surface area contributed by atoms with Gasteiger partial charge >= 0.3 is 0 Å². The monoisotopic (exact) mass is 619 g/mol. The maximum absolute atomic E-state index is 2.44. The molecule has 7 aromatic carbocycles. The summed E-state index contributed by atoms with van der Waals surface area (Å²) in [5.74, 6) is 0. The molecule has 1 aromatic heterocycles. The lowest BCUT2D eigenvalue weighted by Gasteiger charge is -2.28. The lowest BCUT2D eigenvalue weighted by molar-refractivity contribution is 0.667. The Kier molecular flexibility index (Phi) is 6.41. The minimum absolute atomic E-state index is 0.138. The maximum Gasteiger partial charge on any atom is 0.0465 e. The Hall–Kier alpha value is -5.44. The Morgan fingerprint density at radius 3 is 1.57 bits per heavy atom. The smallest absolute Gasteiger partial charge is 0.0465 e. The quantitative estimate of drug-likeness (QED) is 0.185. The lowest BCUT2D eigenvalue weighted by atomic mass is 9.81. The normalized spacial score (nSPS) is 13.1. The SMILES string of the molecule is CC1(C)c2cc(N(c3ccc(-c4ccccc4)cc3)c3ccc(-c4ccccc4)cc3)ccc2-c2ccc3c(sc4ccccc43)c21. The van der Waals surface area contributed by atoms with Crippen LogP contribution in [0.3, 0.4) is 0 Å². The number of anilines is 3. The molecule has 0 saturated carbocycles. The summed E-state index contributed by atoms with van der Waals surface area (Å²) in [4.78, 5) is 2.40. The Labute approximate surface area is 280 Å². The molecule has 1 aliphatic rings. The molecule has 0 spiro atoms. The average Bonchev–Trinajstić information content (AvgIpc) is 3.61. The van der Waals surface area contributed by atoms with E-state index in [2.05, 4.69) is 183 Å². The van der Waals surface area contributed by atoms with E-state index in [4.69, 9.17) is 0 Å². The first-order valence-electron chi connectivity index (χ1n) is 16.3. The van der Waals surface area contributed by atoms with Crippen LogP contribution >= 0.6 is 11.3 Å². The second-order valence-corrected chi connectivity index (χ2v) is 14.0. The van der Waals surface area contributed by atoms with Gasteiger partial charge in [-0.2, -0.15) is 0 Å². The molecule has 0 N–H and O–H groups in total. The van der Waals surface area contributed by atoms with Gasteiger partial charge in [-0.25, -0.2) is 0 Å². The zero-order valence-electron chi connectivity index (χ0n) is 26.4. The zero-order valence-corrected chi connectivity index (χ0v) is 27.3. The first-order valence-corrected chi connectivity index (χ1v) is 17.1. The molecule has 0 saturated heterocycles. The number of nitrogens with zero attached hydrogens (tertiary/aromatic N) is 1. The molecule has 0 bridgehead atoms. The van der Waals surface area contributed by atoms with Gasteiger partial charge in [0.1, 0.15) is 0 Å². The van der Waals surface area contributed by atoms with Gasteiger partial charge in [-0.3, -0.25) is 0 Å². The first-order chi connectivity index (χ1) is 23.1. The summed E-state index contributed by atoms with van der Waals surface area (Å²) < 4.78 is 2.77. The standard InChI is InChI=1S/C45H33NS/c1-45(2)41-29-36(25-26-37(41)39-27-28-40-38-15-9-10-16-42(38)47-44(40)43(39)45)46(34-21-17-32(18-22-34)30-11-5-3-6-12-30)35-23-19-33(20-24-35)31-13-7-4-8-14-31/h3-29H,1-2H3. The third-order valence-corrected chi connectivity index (χ3v) is 11.1. The number of benzene rings is 7. The molecule has 0 fully saturated rings. The first kappa shape index (κ1) is 27.8. The molecule has 1 aliphatic carbocycles. The van der Waals surface area contributed by atoms with Gasteiger partial charge in [-0.1, -0.05) is 135 Å². The number of rotatable bonds is 5. The average molecular weight is 620 g/mol. The highest BCUT2D eigenvalue weighted by Gasteiger charge is 2.38. The van der Waals surface area contributed by atoms with E-state index in [1.807, 2.05) is 11.3 Å². The Morgan fingerprint density at radius 1 is 0.447 bits per heavy atom. The number of thiophene rings is 1. The molecule has 1 heterocycles. The molecule has 224 valence electrons. The van der Waals surface area contributed by atoms with Crippen molar-refractivity contribution in [2.24, 2.45) is 0 Å². The Morgan fingerprint density at radius 2 is 0.957 bits per heavy atom. The summed E-state index contributed by atoms with van der Waals surface area (Å²) in [7, 11) is 0. The fraction of sp³-hybridized carbons (Fsp3) is 0.0667. The molecule has 0 unspecified atom stereocenters. The van der Waals surface area contributed by atoms with Gasteiger partial charge in [0.25, 0.3) is 0 Å². The van der Waals surface area contributed by atoms with Crippen molar-refractivity contribution in [3.8, 4) is 33.4 Å². The molecule has 47 heavy (non-hydrogen) atoms. The van der Waals surface area contributed by atoms with Crippen LogP contribution in [-0.4, -0.2) is 0 Å². The predicted octanol–water partition coefficient (Wildman–Crippen LogP) is 13.2. The summed E-state index contributed by atoms with van der Waals surface area (Å²) in [5.41, 5.74) is 13.7. The maximum atomic E-state index is 2.44. The van der Waals surface area contributed by atoms with Crippen molar-refractivity contribution in [1.29, 1.82) is 0 Å². The van der Waals surface area contributed by atoms with Crippen LogP contribution in [0.1, 0.15) is 25.0 Å². The Balaban J connectivity index is 1.18. The van der Waals surface area contributed by atoms with E-state index >= 15 is 0 Å². The van der Waals surface area contributed by atoms with Crippen LogP contribution in [0.5, 0.6) is 0 Å². The summed E-state index contributed by atoms with van der Waals surface area (Å²) in [6, 6.07) is 59.8. The topological polar surface area (TPSA) is 3.24 Å². The molecule has 1 nitrogen and oxygen atoms in total. The van der Waals surface area contributed by atoms with Crippen molar-refractivity contribution in [3.63, 3.8) is 0 Å². The lowest BCUT2D eigenvalue weighted by Crippen LogP contribution is -2.16. The molecule has 0 amide bonds. The Bertz CT molecular complexity index is 2320. The van der Waals surface area contributed by atoms with Gasteiger partial charge in [0, 0.05) is 42.6 Å². The van der Waals surface area contributed by atoms with Gasteiger partial charge in [0.2, 0.25) is 0 Å². The molecular formula is C45H33NS. The summed E-state index contributed by atoms with van der Waals surface area (Å²) in [6.07, 6.45) is 0. The van der Waals surface area contributed by atoms with Gasteiger partial charge in [0.15, 0.2) is 0 Å². The van der Waals surface area contributed by atoms with E-state index < -0.39 is 0 Å². The van der Waals surface area contributed by atoms with Crippen LogP contribution in [0.15, 0.2) is 164 Å². The summed E-state index contributed by atoms with van der Waals surface area (Å²) >= 11 is 1.93. The van der Waals surface area contributed by atoms with Gasteiger partial charge in [-0.15, -0.1) is 11.3 Å². The van der Waals surface area contributed by atoms with Gasteiger partial charge in [0.05, 0.1) is 0 Å². The van der Waals surface area contributed by atoms with E-state index in [1.165, 1.54) is 64.7 Å². The van der Waals surface area contributed by atoms with E-state index in [0.717, 1.165) is 17.1 Å².